The standard InChI is InChI=1S/C26H30N2O3S/c1-18-11-14-23(15-12-18)25(22-9-7-6-8-10-22)27-26(29)21(4)28(32(5,30)31)24-16-13-19(2)20(3)17-24/h6-17,21,25H,1-5H3,(H,27,29)/t21-,25-/m1/s1. The summed E-state index contributed by atoms with van der Waals surface area (Å²) in [6, 6.07) is 21.7. The molecule has 3 aromatic rings. The molecule has 32 heavy (non-hydrogen) atoms. The van der Waals surface area contributed by atoms with Crippen LogP contribution in [0.3, 0.4) is 0 Å². The van der Waals surface area contributed by atoms with E-state index in [0.717, 1.165) is 34.1 Å². The largest absolute Gasteiger partial charge is 0.343 e. The summed E-state index contributed by atoms with van der Waals surface area (Å²) in [4.78, 5) is 13.4. The van der Waals surface area contributed by atoms with Crippen LogP contribution in [0.25, 0.3) is 0 Å². The minimum absolute atomic E-state index is 0.372. The first kappa shape index (κ1) is 23.5. The maximum Gasteiger partial charge on any atom is 0.244 e. The number of nitrogens with zero attached hydrogens (tertiary/aromatic N) is 1. The Morgan fingerprint density at radius 3 is 2.00 bits per heavy atom. The number of amides is 1. The molecule has 0 aliphatic heterocycles. The SMILES string of the molecule is Cc1ccc([C@H](NC(=O)[C@@H](C)N(c2ccc(C)c(C)c2)S(C)(=O)=O)c2ccccc2)cc1. The van der Waals surface area contributed by atoms with Crippen LogP contribution in [0.15, 0.2) is 72.8 Å². The topological polar surface area (TPSA) is 66.5 Å². The molecule has 3 aromatic carbocycles. The first-order chi connectivity index (χ1) is 15.1. The Bertz CT molecular complexity index is 1190. The molecule has 0 spiro atoms. The quantitative estimate of drug-likeness (QED) is 0.569. The van der Waals surface area contributed by atoms with Crippen molar-refractivity contribution < 1.29 is 13.2 Å². The van der Waals surface area contributed by atoms with E-state index < -0.39 is 22.1 Å². The molecule has 2 atom stereocenters. The highest BCUT2D eigenvalue weighted by molar-refractivity contribution is 7.92. The second kappa shape index (κ2) is 9.57. The first-order valence-corrected chi connectivity index (χ1v) is 12.4. The summed E-state index contributed by atoms with van der Waals surface area (Å²) in [6.07, 6.45) is 1.13. The van der Waals surface area contributed by atoms with Crippen LogP contribution in [0.5, 0.6) is 0 Å². The van der Waals surface area contributed by atoms with Gasteiger partial charge in [-0.3, -0.25) is 9.10 Å². The van der Waals surface area contributed by atoms with Crippen LogP contribution >= 0.6 is 0 Å². The number of carbonyl (C=O) groups excluding carboxylic acids is 1. The molecule has 168 valence electrons. The molecular weight excluding hydrogens is 420 g/mol. The van der Waals surface area contributed by atoms with Crippen molar-refractivity contribution in [2.75, 3.05) is 10.6 Å². The Balaban J connectivity index is 1.96. The Morgan fingerprint density at radius 2 is 1.44 bits per heavy atom. The van der Waals surface area contributed by atoms with Crippen LogP contribution in [0, 0.1) is 20.8 Å². The normalized spacial score (nSPS) is 13.3. The Morgan fingerprint density at radius 1 is 0.844 bits per heavy atom. The Hall–Kier alpha value is -3.12. The summed E-state index contributed by atoms with van der Waals surface area (Å²) in [5, 5.41) is 3.07. The minimum atomic E-state index is -3.69. The van der Waals surface area contributed by atoms with Crippen molar-refractivity contribution in [1.29, 1.82) is 0 Å². The summed E-state index contributed by atoms with van der Waals surface area (Å²) in [5.41, 5.74) is 5.48. The molecule has 0 saturated heterocycles. The number of hydrogen-bond donors (Lipinski definition) is 1. The van der Waals surface area contributed by atoms with Gasteiger partial charge in [0, 0.05) is 0 Å². The van der Waals surface area contributed by atoms with Gasteiger partial charge in [-0.05, 0) is 62.1 Å². The molecule has 0 heterocycles. The maximum atomic E-state index is 13.4. The van der Waals surface area contributed by atoms with E-state index in [9.17, 15) is 13.2 Å². The second-order valence-electron chi connectivity index (χ2n) is 8.27. The van der Waals surface area contributed by atoms with E-state index in [0.29, 0.717) is 5.69 Å². The van der Waals surface area contributed by atoms with Crippen LogP contribution in [-0.2, 0) is 14.8 Å². The van der Waals surface area contributed by atoms with Gasteiger partial charge in [0.1, 0.15) is 6.04 Å². The minimum Gasteiger partial charge on any atom is -0.343 e. The third-order valence-corrected chi connectivity index (χ3v) is 6.91. The predicted molar refractivity (Wildman–Crippen MR) is 130 cm³/mol. The summed E-state index contributed by atoms with van der Waals surface area (Å²) in [7, 11) is -3.69. The van der Waals surface area contributed by atoms with E-state index >= 15 is 0 Å². The second-order valence-corrected chi connectivity index (χ2v) is 10.1. The van der Waals surface area contributed by atoms with E-state index in [1.807, 2.05) is 81.4 Å². The number of nitrogens with one attached hydrogen (secondary N) is 1. The van der Waals surface area contributed by atoms with Gasteiger partial charge in [-0.25, -0.2) is 8.42 Å². The van der Waals surface area contributed by atoms with Crippen LogP contribution in [0.4, 0.5) is 5.69 Å². The van der Waals surface area contributed by atoms with Crippen molar-refractivity contribution in [3.63, 3.8) is 0 Å². The highest BCUT2D eigenvalue weighted by Gasteiger charge is 2.31. The van der Waals surface area contributed by atoms with Gasteiger partial charge in [0.05, 0.1) is 18.0 Å². The third kappa shape index (κ3) is 5.37. The molecule has 0 aliphatic rings. The molecule has 6 heteroatoms. The van der Waals surface area contributed by atoms with Crippen LogP contribution in [-0.4, -0.2) is 26.6 Å². The van der Waals surface area contributed by atoms with Crippen molar-refractivity contribution >= 4 is 21.6 Å². The lowest BCUT2D eigenvalue weighted by Gasteiger charge is -2.30. The lowest BCUT2D eigenvalue weighted by molar-refractivity contribution is -0.122. The van der Waals surface area contributed by atoms with Gasteiger partial charge in [0.2, 0.25) is 15.9 Å². The van der Waals surface area contributed by atoms with E-state index in [2.05, 4.69) is 5.32 Å². The number of rotatable bonds is 7. The average Bonchev–Trinajstić information content (AvgIpc) is 2.75. The Kier molecular flexibility index (Phi) is 7.04. The van der Waals surface area contributed by atoms with Crippen molar-refractivity contribution in [3.05, 3.63) is 101 Å². The van der Waals surface area contributed by atoms with Gasteiger partial charge in [-0.15, -0.1) is 0 Å². The number of hydrogen-bond acceptors (Lipinski definition) is 3. The van der Waals surface area contributed by atoms with Crippen LogP contribution in [0.1, 0.15) is 40.8 Å². The molecule has 0 aliphatic carbocycles. The monoisotopic (exact) mass is 450 g/mol. The molecular formula is C26H30N2O3S. The lowest BCUT2D eigenvalue weighted by atomic mass is 9.97. The number of benzene rings is 3. The van der Waals surface area contributed by atoms with Crippen molar-refractivity contribution in [2.45, 2.75) is 39.8 Å². The van der Waals surface area contributed by atoms with E-state index in [1.165, 1.54) is 4.31 Å². The van der Waals surface area contributed by atoms with E-state index in [1.54, 1.807) is 19.1 Å². The van der Waals surface area contributed by atoms with E-state index in [4.69, 9.17) is 0 Å². The van der Waals surface area contributed by atoms with Crippen LogP contribution < -0.4 is 9.62 Å². The van der Waals surface area contributed by atoms with E-state index in [-0.39, 0.29) is 5.91 Å². The zero-order chi connectivity index (χ0) is 23.5. The molecule has 1 N–H and O–H groups in total. The molecule has 0 radical (unpaired) electrons. The molecule has 3 rings (SSSR count). The summed E-state index contributed by atoms with van der Waals surface area (Å²) in [6.45, 7) is 7.51. The molecule has 5 nitrogen and oxygen atoms in total. The van der Waals surface area contributed by atoms with Gasteiger partial charge in [0.25, 0.3) is 0 Å². The fourth-order valence-corrected chi connectivity index (χ4v) is 4.86. The van der Waals surface area contributed by atoms with Crippen molar-refractivity contribution in [1.82, 2.24) is 5.32 Å². The molecule has 0 aromatic heterocycles. The van der Waals surface area contributed by atoms with Gasteiger partial charge in [0.15, 0.2) is 0 Å². The Labute approximate surface area is 191 Å². The van der Waals surface area contributed by atoms with Gasteiger partial charge >= 0.3 is 0 Å². The average molecular weight is 451 g/mol. The molecule has 0 bridgehead atoms. The smallest absolute Gasteiger partial charge is 0.244 e. The van der Waals surface area contributed by atoms with Gasteiger partial charge in [-0.1, -0.05) is 66.2 Å². The highest BCUT2D eigenvalue weighted by Crippen LogP contribution is 2.26. The van der Waals surface area contributed by atoms with Gasteiger partial charge < -0.3 is 5.32 Å². The maximum absolute atomic E-state index is 13.4. The summed E-state index contributed by atoms with van der Waals surface area (Å²) in [5.74, 6) is -0.372. The first-order valence-electron chi connectivity index (χ1n) is 10.6. The van der Waals surface area contributed by atoms with Crippen molar-refractivity contribution in [2.24, 2.45) is 0 Å². The summed E-state index contributed by atoms with van der Waals surface area (Å²) < 4.78 is 26.6. The van der Waals surface area contributed by atoms with Gasteiger partial charge in [-0.2, -0.15) is 0 Å². The third-order valence-electron chi connectivity index (χ3n) is 5.66. The number of aryl methyl sites for hydroxylation is 3. The number of carbonyl (C=O) groups is 1. The van der Waals surface area contributed by atoms with Crippen molar-refractivity contribution in [3.8, 4) is 0 Å². The van der Waals surface area contributed by atoms with Crippen LogP contribution in [0.2, 0.25) is 0 Å². The molecule has 0 unspecified atom stereocenters. The highest BCUT2D eigenvalue weighted by atomic mass is 32.2. The summed E-state index contributed by atoms with van der Waals surface area (Å²) >= 11 is 0. The fourth-order valence-electron chi connectivity index (χ4n) is 3.70. The molecule has 0 saturated carbocycles. The number of sulfonamides is 1. The predicted octanol–water partition coefficient (Wildman–Crippen LogP) is 4.67. The molecule has 1 amide bonds. The fraction of sp³-hybridized carbons (Fsp3) is 0.269. The molecule has 0 fully saturated rings. The zero-order valence-electron chi connectivity index (χ0n) is 19.2. The lowest BCUT2D eigenvalue weighted by Crippen LogP contribution is -2.48. The number of anilines is 1. The zero-order valence-corrected chi connectivity index (χ0v) is 20.0.